The molecular weight excluding hydrogens is 312 g/mol. The Balaban J connectivity index is 3.67. The molecule has 1 atom stereocenters. The summed E-state index contributed by atoms with van der Waals surface area (Å²) in [4.78, 5) is 10.3. The second-order valence-electron chi connectivity index (χ2n) is 5.58. The molecule has 0 unspecified atom stereocenters. The van der Waals surface area contributed by atoms with Crippen molar-refractivity contribution in [1.29, 1.82) is 0 Å². The van der Waals surface area contributed by atoms with Crippen LogP contribution in [0.15, 0.2) is 72.9 Å². The monoisotopic (exact) mass is 344 g/mol. The fraction of sp³-hybridized carbons (Fsp3) is 0.409. The molecule has 3 heteroatoms. The molecule has 0 spiro atoms. The third-order valence-electron chi connectivity index (χ3n) is 3.22. The fourth-order valence-corrected chi connectivity index (χ4v) is 1.88. The lowest BCUT2D eigenvalue weighted by molar-refractivity contribution is -0.137. The first-order chi connectivity index (χ1) is 12.2. The van der Waals surface area contributed by atoms with Crippen LogP contribution in [-0.2, 0) is 4.79 Å². The molecule has 0 aromatic rings. The van der Waals surface area contributed by atoms with Crippen LogP contribution in [0.25, 0.3) is 0 Å². The van der Waals surface area contributed by atoms with Gasteiger partial charge in [0.2, 0.25) is 0 Å². The fourth-order valence-electron chi connectivity index (χ4n) is 1.88. The van der Waals surface area contributed by atoms with Gasteiger partial charge in [0.05, 0.1) is 6.10 Å². The van der Waals surface area contributed by atoms with E-state index in [1.165, 1.54) is 0 Å². The van der Waals surface area contributed by atoms with Crippen molar-refractivity contribution >= 4 is 5.97 Å². The molecule has 0 saturated carbocycles. The van der Waals surface area contributed by atoms with Crippen LogP contribution in [0.3, 0.4) is 0 Å². The van der Waals surface area contributed by atoms with Gasteiger partial charge in [-0.3, -0.25) is 4.79 Å². The molecule has 138 valence electrons. The van der Waals surface area contributed by atoms with Crippen molar-refractivity contribution in [2.24, 2.45) is 0 Å². The van der Waals surface area contributed by atoms with E-state index in [1.807, 2.05) is 42.5 Å². The highest BCUT2D eigenvalue weighted by Crippen LogP contribution is 1.98. The second-order valence-corrected chi connectivity index (χ2v) is 5.58. The lowest BCUT2D eigenvalue weighted by Gasteiger charge is -1.98. The van der Waals surface area contributed by atoms with E-state index in [2.05, 4.69) is 31.2 Å². The molecule has 3 nitrogen and oxygen atoms in total. The summed E-state index contributed by atoms with van der Waals surface area (Å²) in [5.41, 5.74) is 0. The van der Waals surface area contributed by atoms with Crippen LogP contribution >= 0.6 is 0 Å². The SMILES string of the molecule is CC/C=C\C[C@@H](O)/C=C/C=C\C/C=C\C/C=C\C=C\CCCC(=O)O. The molecule has 0 fully saturated rings. The van der Waals surface area contributed by atoms with Gasteiger partial charge in [-0.2, -0.15) is 0 Å². The molecule has 0 rings (SSSR count). The standard InChI is InChI=1S/C22H32O3/c1-2-3-15-18-21(23)19-16-13-11-9-7-5-4-6-8-10-12-14-17-20-22(24)25/h3,5-8,10-13,15-16,19,21,23H,2,4,9,14,17-18,20H2,1H3,(H,24,25)/b7-5-,8-6-,12-10+,13-11-,15-3-,19-16+/t21-/m1/s1. The molecule has 0 heterocycles. The molecule has 25 heavy (non-hydrogen) atoms. The van der Waals surface area contributed by atoms with Crippen LogP contribution in [0, 0.1) is 0 Å². The average Bonchev–Trinajstić information content (AvgIpc) is 2.58. The predicted molar refractivity (Wildman–Crippen MR) is 106 cm³/mol. The Morgan fingerprint density at radius 1 is 0.880 bits per heavy atom. The Morgan fingerprint density at radius 3 is 2.16 bits per heavy atom. The molecule has 0 saturated heterocycles. The van der Waals surface area contributed by atoms with Crippen molar-refractivity contribution in [2.75, 3.05) is 0 Å². The van der Waals surface area contributed by atoms with E-state index in [0.29, 0.717) is 12.8 Å². The number of aliphatic hydroxyl groups is 1. The first-order valence-corrected chi connectivity index (χ1v) is 9.01. The minimum atomic E-state index is -0.737. The van der Waals surface area contributed by atoms with Crippen LogP contribution in [0.2, 0.25) is 0 Å². The minimum absolute atomic E-state index is 0.231. The van der Waals surface area contributed by atoms with Crippen molar-refractivity contribution in [3.63, 3.8) is 0 Å². The molecule has 2 N–H and O–H groups in total. The zero-order chi connectivity index (χ0) is 18.6. The van der Waals surface area contributed by atoms with Gasteiger partial charge in [-0.1, -0.05) is 79.8 Å². The maximum atomic E-state index is 10.3. The van der Waals surface area contributed by atoms with E-state index >= 15 is 0 Å². The van der Waals surface area contributed by atoms with Crippen LogP contribution in [-0.4, -0.2) is 22.3 Å². The zero-order valence-electron chi connectivity index (χ0n) is 15.3. The topological polar surface area (TPSA) is 57.5 Å². The van der Waals surface area contributed by atoms with E-state index < -0.39 is 12.1 Å². The van der Waals surface area contributed by atoms with Crippen molar-refractivity contribution in [2.45, 2.75) is 58.0 Å². The summed E-state index contributed by atoms with van der Waals surface area (Å²) in [5.74, 6) is -0.737. The summed E-state index contributed by atoms with van der Waals surface area (Å²) in [6, 6.07) is 0. The van der Waals surface area contributed by atoms with Crippen LogP contribution in [0.1, 0.15) is 51.9 Å². The van der Waals surface area contributed by atoms with Gasteiger partial charge in [0.15, 0.2) is 0 Å². The first-order valence-electron chi connectivity index (χ1n) is 9.01. The lowest BCUT2D eigenvalue weighted by atomic mass is 10.2. The maximum absolute atomic E-state index is 10.3. The van der Waals surface area contributed by atoms with Crippen molar-refractivity contribution in [3.05, 3.63) is 72.9 Å². The van der Waals surface area contributed by atoms with Crippen LogP contribution < -0.4 is 0 Å². The van der Waals surface area contributed by atoms with Gasteiger partial charge in [0.25, 0.3) is 0 Å². The zero-order valence-corrected chi connectivity index (χ0v) is 15.3. The Morgan fingerprint density at radius 2 is 1.52 bits per heavy atom. The van der Waals surface area contributed by atoms with Gasteiger partial charge in [0, 0.05) is 6.42 Å². The number of carbonyl (C=O) groups is 1. The Bertz CT molecular complexity index is 493. The number of carboxylic acids is 1. The van der Waals surface area contributed by atoms with E-state index in [-0.39, 0.29) is 6.42 Å². The third kappa shape index (κ3) is 19.8. The van der Waals surface area contributed by atoms with Gasteiger partial charge in [-0.05, 0) is 38.5 Å². The molecule has 0 aliphatic heterocycles. The Hall–Kier alpha value is -2.13. The van der Waals surface area contributed by atoms with Gasteiger partial charge in [0.1, 0.15) is 0 Å². The van der Waals surface area contributed by atoms with Gasteiger partial charge in [-0.25, -0.2) is 0 Å². The summed E-state index contributed by atoms with van der Waals surface area (Å²) >= 11 is 0. The van der Waals surface area contributed by atoms with Crippen molar-refractivity contribution in [3.8, 4) is 0 Å². The number of allylic oxidation sites excluding steroid dienone is 10. The molecule has 0 aromatic heterocycles. The largest absolute Gasteiger partial charge is 0.481 e. The quantitative estimate of drug-likeness (QED) is 0.248. The molecule has 0 aromatic carbocycles. The lowest BCUT2D eigenvalue weighted by Crippen LogP contribution is -1.98. The highest BCUT2D eigenvalue weighted by molar-refractivity contribution is 5.66. The summed E-state index contributed by atoms with van der Waals surface area (Å²) < 4.78 is 0. The second kappa shape index (κ2) is 18.2. The molecule has 0 aliphatic rings. The summed E-state index contributed by atoms with van der Waals surface area (Å²) in [7, 11) is 0. The summed E-state index contributed by atoms with van der Waals surface area (Å²) in [6.07, 6.45) is 28.7. The molecule has 0 radical (unpaired) electrons. The number of rotatable bonds is 14. The predicted octanol–water partition coefficient (Wildman–Crippen LogP) is 5.52. The average molecular weight is 344 g/mol. The summed E-state index contributed by atoms with van der Waals surface area (Å²) in [6.45, 7) is 2.08. The van der Waals surface area contributed by atoms with E-state index in [0.717, 1.165) is 25.7 Å². The van der Waals surface area contributed by atoms with E-state index in [1.54, 1.807) is 6.08 Å². The molecule has 0 bridgehead atoms. The molecule has 0 amide bonds. The third-order valence-corrected chi connectivity index (χ3v) is 3.22. The smallest absolute Gasteiger partial charge is 0.303 e. The number of carboxylic acid groups (broad SMARTS) is 1. The minimum Gasteiger partial charge on any atom is -0.481 e. The number of hydrogen-bond acceptors (Lipinski definition) is 2. The number of unbranched alkanes of at least 4 members (excludes halogenated alkanes) is 1. The van der Waals surface area contributed by atoms with Gasteiger partial charge < -0.3 is 10.2 Å². The van der Waals surface area contributed by atoms with Gasteiger partial charge in [-0.15, -0.1) is 0 Å². The Kier molecular flexibility index (Phi) is 16.7. The van der Waals surface area contributed by atoms with Crippen LogP contribution in [0.5, 0.6) is 0 Å². The van der Waals surface area contributed by atoms with Crippen molar-refractivity contribution in [1.82, 2.24) is 0 Å². The van der Waals surface area contributed by atoms with E-state index in [4.69, 9.17) is 5.11 Å². The van der Waals surface area contributed by atoms with Gasteiger partial charge >= 0.3 is 5.97 Å². The number of hydrogen-bond donors (Lipinski definition) is 2. The Labute approximate surface area is 152 Å². The number of aliphatic carboxylic acids is 1. The maximum Gasteiger partial charge on any atom is 0.303 e. The van der Waals surface area contributed by atoms with Crippen molar-refractivity contribution < 1.29 is 15.0 Å². The van der Waals surface area contributed by atoms with Crippen LogP contribution in [0.4, 0.5) is 0 Å². The van der Waals surface area contributed by atoms with E-state index in [9.17, 15) is 9.90 Å². The first kappa shape index (κ1) is 22.9. The normalized spacial score (nSPS) is 14.3. The highest BCUT2D eigenvalue weighted by Gasteiger charge is 1.93. The molecular formula is C22H32O3. The summed E-state index contributed by atoms with van der Waals surface area (Å²) in [5, 5.41) is 18.2. The molecule has 0 aliphatic carbocycles. The highest BCUT2D eigenvalue weighted by atomic mass is 16.4. The number of aliphatic hydroxyl groups excluding tert-OH is 1.